The maximum atomic E-state index is 5.99. The number of hydrogen-bond donors (Lipinski definition) is 1. The molecule has 0 unspecified atom stereocenters. The van der Waals surface area contributed by atoms with Crippen molar-refractivity contribution in [1.82, 2.24) is 0 Å². The zero-order valence-electron chi connectivity index (χ0n) is 10.7. The molecule has 0 aliphatic heterocycles. The summed E-state index contributed by atoms with van der Waals surface area (Å²) in [4.78, 5) is 0. The molecular weight excluding hydrogens is 214 g/mol. The summed E-state index contributed by atoms with van der Waals surface area (Å²) in [5.41, 5.74) is 6.70. The predicted molar refractivity (Wildman–Crippen MR) is 67.6 cm³/mol. The van der Waals surface area contributed by atoms with Gasteiger partial charge in [0.25, 0.3) is 0 Å². The van der Waals surface area contributed by atoms with E-state index in [1.54, 1.807) is 0 Å². The van der Waals surface area contributed by atoms with E-state index < -0.39 is 0 Å². The molecule has 0 aromatic carbocycles. The Labute approximate surface area is 103 Å². The van der Waals surface area contributed by atoms with Crippen molar-refractivity contribution in [3.8, 4) is 0 Å². The highest BCUT2D eigenvalue weighted by atomic mass is 16.5. The molecule has 1 aromatic rings. The third-order valence-electron chi connectivity index (χ3n) is 3.55. The van der Waals surface area contributed by atoms with Crippen molar-refractivity contribution in [3.63, 3.8) is 0 Å². The number of hydrogen-bond acceptors (Lipinski definition) is 3. The molecule has 1 fully saturated rings. The van der Waals surface area contributed by atoms with Gasteiger partial charge >= 0.3 is 0 Å². The first-order valence-corrected chi connectivity index (χ1v) is 6.69. The summed E-state index contributed by atoms with van der Waals surface area (Å²) in [7, 11) is 0. The molecule has 2 N–H and O–H groups in total. The molecule has 17 heavy (non-hydrogen) atoms. The van der Waals surface area contributed by atoms with Crippen LogP contribution >= 0.6 is 0 Å². The van der Waals surface area contributed by atoms with Crippen molar-refractivity contribution >= 4 is 0 Å². The van der Waals surface area contributed by atoms with E-state index in [-0.39, 0.29) is 0 Å². The molecule has 0 bridgehead atoms. The fraction of sp³-hybridized carbons (Fsp3) is 0.714. The standard InChI is InChI=1S/C14H23NO2/c1-11-12(8-14(9-15)17-11)10-16-13-6-4-2-3-5-7-13/h8,13H,2-7,9-10,15H2,1H3. The summed E-state index contributed by atoms with van der Waals surface area (Å²) in [5.74, 6) is 1.79. The smallest absolute Gasteiger partial charge is 0.118 e. The van der Waals surface area contributed by atoms with E-state index in [0.717, 1.165) is 17.1 Å². The summed E-state index contributed by atoms with van der Waals surface area (Å²) in [6, 6.07) is 2.02. The molecule has 1 heterocycles. The third-order valence-corrected chi connectivity index (χ3v) is 3.55. The van der Waals surface area contributed by atoms with E-state index >= 15 is 0 Å². The van der Waals surface area contributed by atoms with Crippen molar-refractivity contribution < 1.29 is 9.15 Å². The van der Waals surface area contributed by atoms with Crippen LogP contribution in [0.25, 0.3) is 0 Å². The molecule has 0 amide bonds. The first-order valence-electron chi connectivity index (χ1n) is 6.69. The summed E-state index contributed by atoms with van der Waals surface area (Å²) in [5, 5.41) is 0. The van der Waals surface area contributed by atoms with Gasteiger partial charge in [0, 0.05) is 5.56 Å². The Morgan fingerprint density at radius 1 is 1.29 bits per heavy atom. The van der Waals surface area contributed by atoms with Gasteiger partial charge in [-0.15, -0.1) is 0 Å². The van der Waals surface area contributed by atoms with E-state index in [2.05, 4.69) is 0 Å². The quantitative estimate of drug-likeness (QED) is 0.817. The number of furan rings is 1. The molecule has 0 radical (unpaired) electrons. The Hall–Kier alpha value is -0.800. The van der Waals surface area contributed by atoms with Crippen LogP contribution in [0, 0.1) is 6.92 Å². The van der Waals surface area contributed by atoms with Gasteiger partial charge in [0.2, 0.25) is 0 Å². The minimum atomic E-state index is 0.438. The van der Waals surface area contributed by atoms with E-state index in [1.807, 2.05) is 13.0 Å². The molecule has 1 aromatic heterocycles. The Bertz CT molecular complexity index is 338. The second-order valence-corrected chi connectivity index (χ2v) is 4.92. The lowest BCUT2D eigenvalue weighted by molar-refractivity contribution is 0.0304. The molecule has 1 aliphatic carbocycles. The van der Waals surface area contributed by atoms with Gasteiger partial charge in [0.1, 0.15) is 11.5 Å². The third kappa shape index (κ3) is 3.58. The van der Waals surface area contributed by atoms with Gasteiger partial charge in [0.15, 0.2) is 0 Å². The lowest BCUT2D eigenvalue weighted by atomic mass is 10.1. The lowest BCUT2D eigenvalue weighted by Gasteiger charge is -2.14. The SMILES string of the molecule is Cc1oc(CN)cc1COC1CCCCCC1. The Morgan fingerprint density at radius 3 is 2.59 bits per heavy atom. The fourth-order valence-corrected chi connectivity index (χ4v) is 2.45. The minimum absolute atomic E-state index is 0.438. The molecule has 3 nitrogen and oxygen atoms in total. The molecule has 1 saturated carbocycles. The van der Waals surface area contributed by atoms with Crippen LogP contribution in [0.15, 0.2) is 10.5 Å². The second-order valence-electron chi connectivity index (χ2n) is 4.92. The molecule has 0 saturated heterocycles. The van der Waals surface area contributed by atoms with Gasteiger partial charge in [-0.25, -0.2) is 0 Å². The van der Waals surface area contributed by atoms with Crippen LogP contribution in [0.3, 0.4) is 0 Å². The van der Waals surface area contributed by atoms with Crippen molar-refractivity contribution in [1.29, 1.82) is 0 Å². The molecule has 1 aliphatic rings. The fourth-order valence-electron chi connectivity index (χ4n) is 2.45. The second kappa shape index (κ2) is 6.22. The summed E-state index contributed by atoms with van der Waals surface area (Å²) < 4.78 is 11.5. The number of aryl methyl sites for hydroxylation is 1. The zero-order chi connectivity index (χ0) is 12.1. The Kier molecular flexibility index (Phi) is 4.63. The van der Waals surface area contributed by atoms with Crippen molar-refractivity contribution in [2.45, 2.75) is 64.7 Å². The van der Waals surface area contributed by atoms with Crippen LogP contribution in [0.4, 0.5) is 0 Å². The summed E-state index contributed by atoms with van der Waals surface area (Å²) >= 11 is 0. The maximum Gasteiger partial charge on any atom is 0.118 e. The van der Waals surface area contributed by atoms with E-state index in [0.29, 0.717) is 19.3 Å². The Balaban J connectivity index is 1.85. The van der Waals surface area contributed by atoms with E-state index in [4.69, 9.17) is 14.9 Å². The van der Waals surface area contributed by atoms with Crippen molar-refractivity contribution in [2.75, 3.05) is 0 Å². The van der Waals surface area contributed by atoms with Gasteiger partial charge < -0.3 is 14.9 Å². The van der Waals surface area contributed by atoms with Crippen LogP contribution < -0.4 is 5.73 Å². The lowest BCUT2D eigenvalue weighted by Crippen LogP contribution is -2.11. The average molecular weight is 237 g/mol. The zero-order valence-corrected chi connectivity index (χ0v) is 10.7. The molecule has 2 rings (SSSR count). The monoisotopic (exact) mass is 237 g/mol. The normalized spacial score (nSPS) is 18.2. The van der Waals surface area contributed by atoms with Gasteiger partial charge in [-0.3, -0.25) is 0 Å². The number of rotatable bonds is 4. The van der Waals surface area contributed by atoms with Gasteiger partial charge in [0.05, 0.1) is 19.3 Å². The molecule has 0 atom stereocenters. The first kappa shape index (κ1) is 12.7. The highest BCUT2D eigenvalue weighted by molar-refractivity contribution is 5.19. The number of ether oxygens (including phenoxy) is 1. The van der Waals surface area contributed by atoms with E-state index in [1.165, 1.54) is 38.5 Å². The Morgan fingerprint density at radius 2 is 2.00 bits per heavy atom. The average Bonchev–Trinajstić information content (AvgIpc) is 2.55. The van der Waals surface area contributed by atoms with Gasteiger partial charge in [-0.1, -0.05) is 25.7 Å². The first-order chi connectivity index (χ1) is 8.29. The van der Waals surface area contributed by atoms with Gasteiger partial charge in [-0.2, -0.15) is 0 Å². The van der Waals surface area contributed by atoms with Crippen LogP contribution in [0.2, 0.25) is 0 Å². The van der Waals surface area contributed by atoms with E-state index in [9.17, 15) is 0 Å². The largest absolute Gasteiger partial charge is 0.465 e. The van der Waals surface area contributed by atoms with Crippen LogP contribution in [0.1, 0.15) is 55.6 Å². The van der Waals surface area contributed by atoms with Gasteiger partial charge in [-0.05, 0) is 25.8 Å². The molecule has 0 spiro atoms. The van der Waals surface area contributed by atoms with Crippen molar-refractivity contribution in [3.05, 3.63) is 23.2 Å². The number of nitrogens with two attached hydrogens (primary N) is 1. The highest BCUT2D eigenvalue weighted by Gasteiger charge is 2.14. The molecule has 96 valence electrons. The molecular formula is C14H23NO2. The highest BCUT2D eigenvalue weighted by Crippen LogP contribution is 2.22. The molecule has 3 heteroatoms. The van der Waals surface area contributed by atoms with Crippen LogP contribution in [-0.4, -0.2) is 6.10 Å². The minimum Gasteiger partial charge on any atom is -0.465 e. The van der Waals surface area contributed by atoms with Crippen molar-refractivity contribution in [2.24, 2.45) is 5.73 Å². The topological polar surface area (TPSA) is 48.4 Å². The summed E-state index contributed by atoms with van der Waals surface area (Å²) in [6.45, 7) is 3.11. The predicted octanol–water partition coefficient (Wildman–Crippen LogP) is 3.29. The summed E-state index contributed by atoms with van der Waals surface area (Å²) in [6.07, 6.45) is 8.20. The van der Waals surface area contributed by atoms with Crippen LogP contribution in [-0.2, 0) is 17.9 Å². The maximum absolute atomic E-state index is 5.99. The van der Waals surface area contributed by atoms with Crippen LogP contribution in [0.5, 0.6) is 0 Å².